The molecule has 274 valence electrons. The van der Waals surface area contributed by atoms with Gasteiger partial charge in [-0.2, -0.15) is 10.2 Å². The minimum Gasteiger partial charge on any atom is -0.488 e. The zero-order valence-corrected chi connectivity index (χ0v) is 28.8. The number of nitrogens with zero attached hydrogens (tertiary/aromatic N) is 3. The maximum Gasteiger partial charge on any atom is 0.323 e. The number of carbonyl (C=O) groups is 4. The third-order valence-corrected chi connectivity index (χ3v) is 7.96. The van der Waals surface area contributed by atoms with Crippen LogP contribution in [0.2, 0.25) is 0 Å². The molecule has 6 rings (SSSR count). The molecule has 0 spiro atoms. The predicted octanol–water partition coefficient (Wildman–Crippen LogP) is 4.43. The number of H-pyrrole nitrogens is 4. The second-order valence-corrected chi connectivity index (χ2v) is 11.9. The summed E-state index contributed by atoms with van der Waals surface area (Å²) in [5, 5.41) is 13.4. The minimum atomic E-state index is -1.54. The monoisotopic (exact) mass is 733 g/mol. The summed E-state index contributed by atoms with van der Waals surface area (Å²) < 4.78 is 12.5. The summed E-state index contributed by atoms with van der Waals surface area (Å²) in [5.41, 5.74) is 11.0. The molecule has 0 saturated heterocycles. The molecule has 2 amide bonds. The lowest BCUT2D eigenvalue weighted by atomic mass is 10.1. The molecule has 2 heterocycles. The molecule has 18 heteroatoms. The number of azo groups is 1. The second kappa shape index (κ2) is 15.8. The van der Waals surface area contributed by atoms with Gasteiger partial charge in [-0.1, -0.05) is 34.5 Å². The normalized spacial score (nSPS) is 12.3. The number of hydrogen-bond donors (Lipinski definition) is 7. The van der Waals surface area contributed by atoms with Crippen molar-refractivity contribution in [2.75, 3.05) is 23.8 Å². The number of anilines is 2. The number of benzene rings is 4. The van der Waals surface area contributed by atoms with Gasteiger partial charge in [0.1, 0.15) is 24.7 Å². The highest BCUT2D eigenvalue weighted by atomic mass is 16.5. The highest BCUT2D eigenvalue weighted by Crippen LogP contribution is 2.30. The number of aromatic nitrogens is 4. The van der Waals surface area contributed by atoms with Crippen molar-refractivity contribution in [3.63, 3.8) is 0 Å². The summed E-state index contributed by atoms with van der Waals surface area (Å²) in [5.74, 6) is -2.16. The zero-order valence-electron chi connectivity index (χ0n) is 28.8. The SMILES string of the molecule is CC(=O)C(N=Nc1ccccc1OCCOc1ccccc1[N+](=N)C(C(C)=O)C(=O)Nc1ccc2[nH]c(=O)[nH]c2c1)C(=O)Nc1ccc2[nH]c(=O)[nH]c2c1. The number of aromatic amines is 4. The van der Waals surface area contributed by atoms with Crippen molar-refractivity contribution in [1.82, 2.24) is 19.9 Å². The predicted molar refractivity (Wildman–Crippen MR) is 195 cm³/mol. The molecule has 0 aliphatic carbocycles. The number of ketones is 2. The largest absolute Gasteiger partial charge is 0.488 e. The Morgan fingerprint density at radius 1 is 0.685 bits per heavy atom. The summed E-state index contributed by atoms with van der Waals surface area (Å²) in [6, 6.07) is 19.4. The van der Waals surface area contributed by atoms with Crippen molar-refractivity contribution in [3.05, 3.63) is 106 Å². The number of amides is 2. The van der Waals surface area contributed by atoms with Gasteiger partial charge in [-0.15, -0.1) is 0 Å². The average molecular weight is 734 g/mol. The number of rotatable bonds is 15. The summed E-state index contributed by atoms with van der Waals surface area (Å²) in [4.78, 5) is 84.9. The van der Waals surface area contributed by atoms with Crippen LogP contribution in [0.15, 0.2) is 105 Å². The van der Waals surface area contributed by atoms with Crippen LogP contribution in [-0.4, -0.2) is 73.3 Å². The standard InChI is InChI=1S/C36H32N10O8/c1-19(47)31(33(49)38-21-11-13-23-26(17-21)42-35(51)40-23)45-44-25-7-3-5-9-29(25)53-15-16-54-30-10-6-4-8-28(30)46(37)32(20(2)48)34(50)39-22-12-14-24-27(18-22)43-36(52)41-24/h3-14,17-18,31-32H,15-16,37H2,1-2H3,(H4,38,39,40,41,42,43,44,45,49,50,51,52)/p+1. The van der Waals surface area contributed by atoms with E-state index in [0.29, 0.717) is 33.4 Å². The molecule has 6 aromatic rings. The number of carbonyl (C=O) groups excluding carboxylic acids is 4. The van der Waals surface area contributed by atoms with Crippen LogP contribution in [-0.2, 0) is 19.2 Å². The molecular formula is C36H33N10O8+. The molecule has 0 bridgehead atoms. The molecular weight excluding hydrogens is 700 g/mol. The number of nitrogens with one attached hydrogen (secondary N) is 7. The first kappa shape index (κ1) is 36.3. The summed E-state index contributed by atoms with van der Waals surface area (Å²) >= 11 is 0. The fourth-order valence-electron chi connectivity index (χ4n) is 5.45. The van der Waals surface area contributed by atoms with Crippen molar-refractivity contribution < 1.29 is 33.3 Å². The van der Waals surface area contributed by atoms with Gasteiger partial charge in [0.2, 0.25) is 11.8 Å². The van der Waals surface area contributed by atoms with E-state index in [-0.39, 0.29) is 36.1 Å². The second-order valence-electron chi connectivity index (χ2n) is 11.9. The first-order valence-corrected chi connectivity index (χ1v) is 16.4. The highest BCUT2D eigenvalue weighted by molar-refractivity contribution is 6.11. The number of fused-ring (bicyclic) bond motifs is 2. The Kier molecular flexibility index (Phi) is 10.6. The number of Topliss-reactive ketones (excluding diaryl/α,β-unsaturated/α-hetero) is 2. The van der Waals surface area contributed by atoms with Gasteiger partial charge in [0.25, 0.3) is 11.6 Å². The lowest BCUT2D eigenvalue weighted by Crippen LogP contribution is -2.40. The van der Waals surface area contributed by atoms with Crippen molar-refractivity contribution in [2.24, 2.45) is 10.2 Å². The van der Waals surface area contributed by atoms with Crippen LogP contribution in [0.1, 0.15) is 13.8 Å². The zero-order chi connectivity index (χ0) is 38.4. The van der Waals surface area contributed by atoms with Crippen LogP contribution >= 0.6 is 0 Å². The van der Waals surface area contributed by atoms with Crippen molar-refractivity contribution >= 4 is 68.2 Å². The molecule has 0 saturated carbocycles. The smallest absolute Gasteiger partial charge is 0.323 e. The van der Waals surface area contributed by atoms with Gasteiger partial charge in [-0.05, 0) is 61.5 Å². The Hall–Kier alpha value is -7.50. The van der Waals surface area contributed by atoms with Crippen molar-refractivity contribution in [2.45, 2.75) is 25.9 Å². The van der Waals surface area contributed by atoms with Crippen molar-refractivity contribution in [3.8, 4) is 11.5 Å². The number of imidazole rings is 2. The van der Waals surface area contributed by atoms with E-state index in [4.69, 9.17) is 15.0 Å². The van der Waals surface area contributed by atoms with Gasteiger partial charge in [0, 0.05) is 24.4 Å². The summed E-state index contributed by atoms with van der Waals surface area (Å²) in [6.45, 7) is 2.37. The summed E-state index contributed by atoms with van der Waals surface area (Å²) in [7, 11) is 0. The molecule has 0 aliphatic rings. The Labute approximate surface area is 304 Å². The van der Waals surface area contributed by atoms with Gasteiger partial charge >= 0.3 is 23.3 Å². The van der Waals surface area contributed by atoms with Crippen LogP contribution in [0, 0.1) is 5.53 Å². The molecule has 0 fully saturated rings. The number of hydrogen-bond acceptors (Lipinski definition) is 11. The third kappa shape index (κ3) is 8.34. The summed E-state index contributed by atoms with van der Waals surface area (Å²) in [6.07, 6.45) is 0. The Bertz CT molecular complexity index is 2570. The molecule has 54 heavy (non-hydrogen) atoms. The highest BCUT2D eigenvalue weighted by Gasteiger charge is 2.38. The molecule has 2 unspecified atom stereocenters. The topological polar surface area (TPSA) is 260 Å². The van der Waals surface area contributed by atoms with E-state index in [0.717, 1.165) is 4.70 Å². The van der Waals surface area contributed by atoms with Crippen molar-refractivity contribution in [1.29, 1.82) is 5.53 Å². The van der Waals surface area contributed by atoms with Crippen LogP contribution in [0.25, 0.3) is 22.1 Å². The molecule has 4 aromatic carbocycles. The third-order valence-electron chi connectivity index (χ3n) is 7.96. The molecule has 2 atom stereocenters. The fraction of sp³-hybridized carbons (Fsp3) is 0.167. The van der Waals surface area contributed by atoms with E-state index in [2.05, 4.69) is 40.8 Å². The quantitative estimate of drug-likeness (QED) is 0.0343. The van der Waals surface area contributed by atoms with E-state index < -0.39 is 46.8 Å². The van der Waals surface area contributed by atoms with Gasteiger partial charge in [-0.25, -0.2) is 9.59 Å². The molecule has 18 nitrogen and oxygen atoms in total. The molecule has 0 radical (unpaired) electrons. The Morgan fingerprint density at radius 2 is 1.20 bits per heavy atom. The molecule has 0 aliphatic heterocycles. The minimum absolute atomic E-state index is 0.0143. The first-order valence-electron chi connectivity index (χ1n) is 16.4. The van der Waals surface area contributed by atoms with Crippen LogP contribution in [0.4, 0.5) is 22.7 Å². The van der Waals surface area contributed by atoms with Crippen LogP contribution < -0.4 is 31.5 Å². The molecule has 2 aromatic heterocycles. The fourth-order valence-corrected chi connectivity index (χ4v) is 5.45. The maximum absolute atomic E-state index is 13.3. The van der Waals surface area contributed by atoms with E-state index in [1.54, 1.807) is 72.8 Å². The van der Waals surface area contributed by atoms with Crippen LogP contribution in [0.5, 0.6) is 11.5 Å². The molecule has 7 N–H and O–H groups in total. The Morgan fingerprint density at radius 3 is 1.80 bits per heavy atom. The van der Waals surface area contributed by atoms with E-state index in [1.807, 2.05) is 0 Å². The van der Waals surface area contributed by atoms with E-state index in [9.17, 15) is 28.8 Å². The van der Waals surface area contributed by atoms with E-state index >= 15 is 0 Å². The lowest BCUT2D eigenvalue weighted by molar-refractivity contribution is -0.547. The maximum atomic E-state index is 13.3. The first-order chi connectivity index (χ1) is 26.0. The number of para-hydroxylation sites is 3. The Balaban J connectivity index is 1.08. The van der Waals surface area contributed by atoms with Gasteiger partial charge in [-0.3, -0.25) is 19.2 Å². The average Bonchev–Trinajstić information content (AvgIpc) is 3.70. The van der Waals surface area contributed by atoms with Crippen LogP contribution in [0.3, 0.4) is 0 Å². The number of ether oxygens (including phenoxy) is 2. The van der Waals surface area contributed by atoms with E-state index in [1.165, 1.54) is 26.0 Å². The van der Waals surface area contributed by atoms with Gasteiger partial charge in [0.15, 0.2) is 11.5 Å². The van der Waals surface area contributed by atoms with Gasteiger partial charge in [0.05, 0.1) is 22.1 Å². The van der Waals surface area contributed by atoms with Gasteiger partial charge < -0.3 is 40.0 Å². The lowest BCUT2D eigenvalue weighted by Gasteiger charge is -2.13.